The first kappa shape index (κ1) is 14.8. The summed E-state index contributed by atoms with van der Waals surface area (Å²) in [6.45, 7) is 3.48. The maximum absolute atomic E-state index is 12.2. The minimum atomic E-state index is -0.239. The van der Waals surface area contributed by atoms with Crippen LogP contribution in [-0.4, -0.2) is 65.1 Å². The molecular formula is C15H19N3O4. The predicted octanol–water partition coefficient (Wildman–Crippen LogP) is 0.0728. The van der Waals surface area contributed by atoms with Crippen LogP contribution in [0.5, 0.6) is 0 Å². The smallest absolute Gasteiger partial charge is 0.242 e. The Kier molecular flexibility index (Phi) is 4.24. The van der Waals surface area contributed by atoms with E-state index in [1.165, 1.54) is 0 Å². The highest BCUT2D eigenvalue weighted by atomic mass is 16.3. The third-order valence-electron chi connectivity index (χ3n) is 4.16. The molecule has 0 saturated carbocycles. The Labute approximate surface area is 128 Å². The van der Waals surface area contributed by atoms with E-state index < -0.39 is 0 Å². The molecule has 3 rings (SSSR count). The van der Waals surface area contributed by atoms with Crippen LogP contribution in [0, 0.1) is 0 Å². The van der Waals surface area contributed by atoms with Gasteiger partial charge in [-0.25, -0.2) is 0 Å². The zero-order valence-electron chi connectivity index (χ0n) is 12.4. The van der Waals surface area contributed by atoms with Crippen molar-refractivity contribution in [3.05, 3.63) is 24.2 Å². The van der Waals surface area contributed by atoms with E-state index in [-0.39, 0.29) is 37.1 Å². The fourth-order valence-corrected chi connectivity index (χ4v) is 2.83. The molecule has 1 aromatic heterocycles. The van der Waals surface area contributed by atoms with Crippen molar-refractivity contribution in [3.8, 4) is 0 Å². The SMILES string of the molecule is O=C(CN1C(=O)CCC1=O)N1CCN(Cc2ccoc2)CC1. The second-order valence-corrected chi connectivity index (χ2v) is 5.66. The lowest BCUT2D eigenvalue weighted by Gasteiger charge is -2.35. The zero-order chi connectivity index (χ0) is 15.5. The quantitative estimate of drug-likeness (QED) is 0.736. The molecule has 0 bridgehead atoms. The normalized spacial score (nSPS) is 20.0. The lowest BCUT2D eigenvalue weighted by atomic mass is 10.2. The molecule has 118 valence electrons. The van der Waals surface area contributed by atoms with Gasteiger partial charge in [0.25, 0.3) is 0 Å². The first-order chi connectivity index (χ1) is 10.6. The van der Waals surface area contributed by atoms with Gasteiger partial charge in [-0.2, -0.15) is 0 Å². The molecule has 0 N–H and O–H groups in total. The Balaban J connectivity index is 1.47. The number of imide groups is 1. The second-order valence-electron chi connectivity index (χ2n) is 5.66. The molecule has 2 aliphatic rings. The van der Waals surface area contributed by atoms with E-state index in [4.69, 9.17) is 4.42 Å². The van der Waals surface area contributed by atoms with Crippen molar-refractivity contribution in [1.82, 2.24) is 14.7 Å². The molecule has 7 heteroatoms. The molecule has 0 unspecified atom stereocenters. The Morgan fingerprint density at radius 3 is 2.36 bits per heavy atom. The van der Waals surface area contributed by atoms with Gasteiger partial charge in [0.15, 0.2) is 0 Å². The van der Waals surface area contributed by atoms with Crippen LogP contribution in [0.15, 0.2) is 23.0 Å². The lowest BCUT2D eigenvalue weighted by Crippen LogP contribution is -2.51. The predicted molar refractivity (Wildman–Crippen MR) is 76.5 cm³/mol. The van der Waals surface area contributed by atoms with Crippen LogP contribution < -0.4 is 0 Å². The summed E-state index contributed by atoms with van der Waals surface area (Å²) in [5, 5.41) is 0. The van der Waals surface area contributed by atoms with Gasteiger partial charge in [-0.15, -0.1) is 0 Å². The molecule has 1 aromatic rings. The van der Waals surface area contributed by atoms with E-state index >= 15 is 0 Å². The van der Waals surface area contributed by atoms with Gasteiger partial charge in [0.1, 0.15) is 6.54 Å². The lowest BCUT2D eigenvalue weighted by molar-refractivity contribution is -0.146. The molecule has 2 saturated heterocycles. The molecule has 22 heavy (non-hydrogen) atoms. The fraction of sp³-hybridized carbons (Fsp3) is 0.533. The van der Waals surface area contributed by atoms with E-state index in [0.717, 1.165) is 30.1 Å². The molecule has 0 aliphatic carbocycles. The Morgan fingerprint density at radius 2 is 1.77 bits per heavy atom. The summed E-state index contributed by atoms with van der Waals surface area (Å²) < 4.78 is 5.05. The summed E-state index contributed by atoms with van der Waals surface area (Å²) in [6, 6.07) is 1.93. The monoisotopic (exact) mass is 305 g/mol. The van der Waals surface area contributed by atoms with Crippen LogP contribution >= 0.6 is 0 Å². The molecule has 7 nitrogen and oxygen atoms in total. The van der Waals surface area contributed by atoms with E-state index in [2.05, 4.69) is 4.90 Å². The van der Waals surface area contributed by atoms with Crippen LogP contribution in [0.1, 0.15) is 18.4 Å². The summed E-state index contributed by atoms with van der Waals surface area (Å²) in [5.41, 5.74) is 1.12. The second kappa shape index (κ2) is 6.31. The van der Waals surface area contributed by atoms with Crippen molar-refractivity contribution < 1.29 is 18.8 Å². The maximum Gasteiger partial charge on any atom is 0.242 e. The highest BCUT2D eigenvalue weighted by molar-refractivity contribution is 6.04. The number of amides is 3. The van der Waals surface area contributed by atoms with Crippen molar-refractivity contribution in [2.24, 2.45) is 0 Å². The summed E-state index contributed by atoms with van der Waals surface area (Å²) in [4.78, 5) is 40.4. The standard InChI is InChI=1S/C15H19N3O4/c19-13-1-2-14(20)18(13)10-15(21)17-6-4-16(5-7-17)9-12-3-8-22-11-12/h3,8,11H,1-2,4-7,9-10H2. The highest BCUT2D eigenvalue weighted by Gasteiger charge is 2.32. The van der Waals surface area contributed by atoms with Crippen LogP contribution in [0.2, 0.25) is 0 Å². The summed E-state index contributed by atoms with van der Waals surface area (Å²) in [6.07, 6.45) is 3.83. The summed E-state index contributed by atoms with van der Waals surface area (Å²) in [7, 11) is 0. The van der Waals surface area contributed by atoms with Gasteiger partial charge in [0.05, 0.1) is 12.5 Å². The number of likely N-dealkylation sites (tertiary alicyclic amines) is 1. The molecule has 0 atom stereocenters. The minimum absolute atomic E-state index is 0.112. The highest BCUT2D eigenvalue weighted by Crippen LogP contribution is 2.13. The third-order valence-corrected chi connectivity index (χ3v) is 4.16. The van der Waals surface area contributed by atoms with Crippen molar-refractivity contribution in [2.75, 3.05) is 32.7 Å². The Morgan fingerprint density at radius 1 is 1.09 bits per heavy atom. The van der Waals surface area contributed by atoms with Crippen molar-refractivity contribution in [3.63, 3.8) is 0 Å². The van der Waals surface area contributed by atoms with Crippen LogP contribution in [0.4, 0.5) is 0 Å². The molecule has 0 spiro atoms. The number of hydrogen-bond donors (Lipinski definition) is 0. The van der Waals surface area contributed by atoms with Crippen molar-refractivity contribution in [2.45, 2.75) is 19.4 Å². The fourth-order valence-electron chi connectivity index (χ4n) is 2.83. The number of carbonyl (C=O) groups is 3. The van der Waals surface area contributed by atoms with Gasteiger partial charge in [-0.05, 0) is 6.07 Å². The van der Waals surface area contributed by atoms with E-state index in [9.17, 15) is 14.4 Å². The van der Waals surface area contributed by atoms with Gasteiger partial charge in [-0.3, -0.25) is 24.2 Å². The number of nitrogens with zero attached hydrogens (tertiary/aromatic N) is 3. The van der Waals surface area contributed by atoms with E-state index in [1.807, 2.05) is 6.07 Å². The molecular weight excluding hydrogens is 286 g/mol. The van der Waals surface area contributed by atoms with Crippen LogP contribution in [0.25, 0.3) is 0 Å². The largest absolute Gasteiger partial charge is 0.472 e. The van der Waals surface area contributed by atoms with Gasteiger partial charge in [0.2, 0.25) is 17.7 Å². The van der Waals surface area contributed by atoms with Crippen molar-refractivity contribution >= 4 is 17.7 Å². The van der Waals surface area contributed by atoms with Gasteiger partial charge < -0.3 is 9.32 Å². The topological polar surface area (TPSA) is 74.1 Å². The molecule has 2 aliphatic heterocycles. The van der Waals surface area contributed by atoms with Gasteiger partial charge in [-0.1, -0.05) is 0 Å². The van der Waals surface area contributed by atoms with E-state index in [1.54, 1.807) is 17.4 Å². The average molecular weight is 305 g/mol. The zero-order valence-corrected chi connectivity index (χ0v) is 12.4. The van der Waals surface area contributed by atoms with E-state index in [0.29, 0.717) is 13.1 Å². The summed E-state index contributed by atoms with van der Waals surface area (Å²) in [5.74, 6) is -0.625. The van der Waals surface area contributed by atoms with Crippen LogP contribution in [-0.2, 0) is 20.9 Å². The van der Waals surface area contributed by atoms with Crippen molar-refractivity contribution in [1.29, 1.82) is 0 Å². The first-order valence-electron chi connectivity index (χ1n) is 7.48. The number of hydrogen-bond acceptors (Lipinski definition) is 5. The Bertz CT molecular complexity index is 545. The number of furan rings is 1. The van der Waals surface area contributed by atoms with Gasteiger partial charge >= 0.3 is 0 Å². The maximum atomic E-state index is 12.2. The molecule has 0 aromatic carbocycles. The summed E-state index contributed by atoms with van der Waals surface area (Å²) >= 11 is 0. The average Bonchev–Trinajstić information content (AvgIpc) is 3.13. The number of rotatable bonds is 4. The minimum Gasteiger partial charge on any atom is -0.472 e. The number of piperazine rings is 1. The van der Waals surface area contributed by atoms with Crippen LogP contribution in [0.3, 0.4) is 0 Å². The molecule has 0 radical (unpaired) electrons. The van der Waals surface area contributed by atoms with Gasteiger partial charge in [0, 0.05) is 51.1 Å². The molecule has 2 fully saturated rings. The molecule has 3 amide bonds. The number of carbonyl (C=O) groups excluding carboxylic acids is 3. The molecule has 3 heterocycles. The Hall–Kier alpha value is -2.15. The first-order valence-corrected chi connectivity index (χ1v) is 7.48. The third kappa shape index (κ3) is 3.19.